The van der Waals surface area contributed by atoms with Gasteiger partial charge in [-0.15, -0.1) is 0 Å². The number of aliphatic carboxylic acids is 1. The third kappa shape index (κ3) is 4.12. The Hall–Kier alpha value is -3.66. The van der Waals surface area contributed by atoms with E-state index >= 15 is 0 Å². The van der Waals surface area contributed by atoms with E-state index in [1.807, 2.05) is 0 Å². The van der Waals surface area contributed by atoms with Gasteiger partial charge in [0.2, 0.25) is 5.88 Å². The topological polar surface area (TPSA) is 88.9 Å². The van der Waals surface area contributed by atoms with Crippen molar-refractivity contribution in [3.8, 4) is 22.8 Å². The summed E-state index contributed by atoms with van der Waals surface area (Å²) in [6.07, 6.45) is -2.84. The van der Waals surface area contributed by atoms with Gasteiger partial charge in [-0.2, -0.15) is 13.2 Å². The molecule has 4 aliphatic carbocycles. The summed E-state index contributed by atoms with van der Waals surface area (Å²) in [5, 5.41) is 19.3. The van der Waals surface area contributed by atoms with Gasteiger partial charge in [-0.3, -0.25) is 4.79 Å². The summed E-state index contributed by atoms with van der Waals surface area (Å²) in [5.74, 6) is -1.24. The second-order valence-corrected chi connectivity index (χ2v) is 11.1. The van der Waals surface area contributed by atoms with Crippen LogP contribution in [0.4, 0.5) is 17.6 Å². The predicted molar refractivity (Wildman–Crippen MR) is 131 cm³/mol. The summed E-state index contributed by atoms with van der Waals surface area (Å²) in [6, 6.07) is 9.20. The number of carbonyl (C=O) groups is 1. The zero-order valence-corrected chi connectivity index (χ0v) is 21.1. The van der Waals surface area contributed by atoms with Gasteiger partial charge in [-0.25, -0.2) is 9.37 Å². The molecule has 1 aromatic heterocycles. The molecular weight excluding hydrogens is 518 g/mol. The van der Waals surface area contributed by atoms with E-state index in [2.05, 4.69) is 4.98 Å². The Morgan fingerprint density at radius 1 is 1.05 bits per heavy atom. The molecule has 2 bridgehead atoms. The summed E-state index contributed by atoms with van der Waals surface area (Å²) in [7, 11) is 0. The lowest BCUT2D eigenvalue weighted by molar-refractivity contribution is -0.141. The SMILES string of the molecule is CC(C)(O)CCOc1ccc(-c2cc(COc3cc4c(cn3)C3C5C4C35C(=O)O)c(F)cc2C(F)(F)F)cc1. The number of benzene rings is 2. The van der Waals surface area contributed by atoms with Crippen molar-refractivity contribution in [2.24, 2.45) is 11.3 Å². The van der Waals surface area contributed by atoms with E-state index in [0.29, 0.717) is 18.2 Å². The molecule has 3 aromatic rings. The van der Waals surface area contributed by atoms with Crippen molar-refractivity contribution in [1.29, 1.82) is 0 Å². The molecule has 204 valence electrons. The lowest BCUT2D eigenvalue weighted by atomic mass is 9.96. The van der Waals surface area contributed by atoms with Gasteiger partial charge in [0, 0.05) is 36.1 Å². The number of alkyl halides is 3. The summed E-state index contributed by atoms with van der Waals surface area (Å²) in [6.45, 7) is 3.16. The van der Waals surface area contributed by atoms with Crippen molar-refractivity contribution in [1.82, 2.24) is 4.98 Å². The van der Waals surface area contributed by atoms with Gasteiger partial charge in [0.1, 0.15) is 18.2 Å². The van der Waals surface area contributed by atoms with E-state index in [4.69, 9.17) is 9.47 Å². The molecule has 2 saturated carbocycles. The molecule has 39 heavy (non-hydrogen) atoms. The molecule has 0 aliphatic heterocycles. The third-order valence-electron chi connectivity index (χ3n) is 8.08. The fourth-order valence-corrected chi connectivity index (χ4v) is 6.02. The summed E-state index contributed by atoms with van der Waals surface area (Å²) >= 11 is 0. The molecule has 2 aromatic carbocycles. The lowest BCUT2D eigenvalue weighted by Gasteiger charge is -2.18. The minimum atomic E-state index is -4.79. The highest BCUT2D eigenvalue weighted by atomic mass is 19.4. The normalized spacial score (nSPS) is 24.1. The van der Waals surface area contributed by atoms with Crippen molar-refractivity contribution < 1.29 is 42.0 Å². The largest absolute Gasteiger partial charge is 0.493 e. The van der Waals surface area contributed by atoms with Crippen LogP contribution in [0.25, 0.3) is 11.1 Å². The first-order chi connectivity index (χ1) is 18.3. The monoisotopic (exact) mass is 543 g/mol. The molecule has 7 rings (SSSR count). The predicted octanol–water partition coefficient (Wildman–Crippen LogP) is 5.92. The van der Waals surface area contributed by atoms with Crippen LogP contribution in [0.2, 0.25) is 0 Å². The number of carboxylic acid groups (broad SMARTS) is 1. The Labute approximate surface area is 221 Å². The molecule has 0 amide bonds. The van der Waals surface area contributed by atoms with E-state index < -0.39 is 34.5 Å². The van der Waals surface area contributed by atoms with Crippen LogP contribution in [0.3, 0.4) is 0 Å². The quantitative estimate of drug-likeness (QED) is 0.326. The number of aromatic nitrogens is 1. The maximum atomic E-state index is 14.8. The van der Waals surface area contributed by atoms with Crippen molar-refractivity contribution in [3.05, 3.63) is 76.7 Å². The average Bonchev–Trinajstić information content (AvgIpc) is 3.65. The van der Waals surface area contributed by atoms with E-state index in [0.717, 1.165) is 17.2 Å². The first kappa shape index (κ1) is 25.6. The van der Waals surface area contributed by atoms with Gasteiger partial charge in [0.25, 0.3) is 0 Å². The third-order valence-corrected chi connectivity index (χ3v) is 8.08. The van der Waals surface area contributed by atoms with Crippen LogP contribution in [-0.2, 0) is 17.6 Å². The molecule has 0 spiro atoms. The van der Waals surface area contributed by atoms with E-state index in [1.165, 1.54) is 24.3 Å². The molecule has 1 heterocycles. The zero-order valence-electron chi connectivity index (χ0n) is 21.1. The minimum Gasteiger partial charge on any atom is -0.493 e. The fourth-order valence-electron chi connectivity index (χ4n) is 6.02. The van der Waals surface area contributed by atoms with Crippen LogP contribution in [0.15, 0.2) is 48.7 Å². The zero-order chi connectivity index (χ0) is 27.9. The Balaban J connectivity index is 1.21. The smallest absolute Gasteiger partial charge is 0.417 e. The molecule has 2 fully saturated rings. The van der Waals surface area contributed by atoms with Crippen LogP contribution in [0, 0.1) is 17.2 Å². The van der Waals surface area contributed by atoms with Crippen LogP contribution in [0.5, 0.6) is 11.6 Å². The number of pyridine rings is 1. The number of ether oxygens (including phenoxy) is 2. The second kappa shape index (κ2) is 8.42. The second-order valence-electron chi connectivity index (χ2n) is 11.1. The van der Waals surface area contributed by atoms with Crippen LogP contribution in [-0.4, -0.2) is 33.4 Å². The van der Waals surface area contributed by atoms with Gasteiger partial charge in [-0.05, 0) is 66.3 Å². The first-order valence-electron chi connectivity index (χ1n) is 12.5. The maximum absolute atomic E-state index is 14.8. The molecular formula is C29H25F4NO5. The highest BCUT2D eigenvalue weighted by Crippen LogP contribution is 2.96. The molecule has 4 atom stereocenters. The Kier molecular flexibility index (Phi) is 5.53. The number of aliphatic hydroxyl groups is 1. The maximum Gasteiger partial charge on any atom is 0.417 e. The van der Waals surface area contributed by atoms with Gasteiger partial charge >= 0.3 is 12.1 Å². The van der Waals surface area contributed by atoms with E-state index in [-0.39, 0.29) is 53.5 Å². The molecule has 0 saturated heterocycles. The van der Waals surface area contributed by atoms with Crippen molar-refractivity contribution in [3.63, 3.8) is 0 Å². The van der Waals surface area contributed by atoms with Crippen molar-refractivity contribution in [2.75, 3.05) is 6.61 Å². The molecule has 4 aliphatic rings. The number of carboxylic acids is 1. The van der Waals surface area contributed by atoms with E-state index in [1.54, 1.807) is 26.1 Å². The Morgan fingerprint density at radius 3 is 2.36 bits per heavy atom. The van der Waals surface area contributed by atoms with E-state index in [9.17, 15) is 32.6 Å². The molecule has 4 unspecified atom stereocenters. The number of rotatable bonds is 9. The van der Waals surface area contributed by atoms with Crippen LogP contribution >= 0.6 is 0 Å². The van der Waals surface area contributed by atoms with Crippen LogP contribution in [0.1, 0.15) is 54.4 Å². The molecule has 6 nitrogen and oxygen atoms in total. The highest BCUT2D eigenvalue weighted by molar-refractivity contribution is 5.93. The number of halogens is 4. The summed E-state index contributed by atoms with van der Waals surface area (Å²) in [5.41, 5.74) is -1.03. The van der Waals surface area contributed by atoms with Crippen LogP contribution < -0.4 is 9.47 Å². The van der Waals surface area contributed by atoms with Crippen molar-refractivity contribution in [2.45, 2.75) is 50.5 Å². The number of hydrogen-bond acceptors (Lipinski definition) is 5. The summed E-state index contributed by atoms with van der Waals surface area (Å²) in [4.78, 5) is 15.9. The standard InChI is InChI=1S/C29H25F4NO5/c1-27(2,37)7-8-38-16-5-3-14(4-6-16)17-9-15(21(30)11-20(17)29(31,32)33)13-39-22-10-18-19(12-34-22)24-25-23(18)28(24,25)26(35)36/h3-6,9-12,23-25,37H,7-8,13H2,1-2H3,(H,35,36). The van der Waals surface area contributed by atoms with Gasteiger partial charge in [0.05, 0.1) is 23.2 Å². The summed E-state index contributed by atoms with van der Waals surface area (Å²) < 4.78 is 67.5. The average molecular weight is 544 g/mol. The molecule has 10 heteroatoms. The minimum absolute atomic E-state index is 0.00947. The van der Waals surface area contributed by atoms with Gasteiger partial charge in [-0.1, -0.05) is 12.1 Å². The Bertz CT molecular complexity index is 1480. The van der Waals surface area contributed by atoms with Gasteiger partial charge < -0.3 is 19.7 Å². The fraction of sp³-hybridized carbons (Fsp3) is 0.379. The highest BCUT2D eigenvalue weighted by Gasteiger charge is 2.95. The Morgan fingerprint density at radius 2 is 1.74 bits per heavy atom. The number of nitrogens with zero attached hydrogens (tertiary/aromatic N) is 1. The lowest BCUT2D eigenvalue weighted by Crippen LogP contribution is -2.21. The van der Waals surface area contributed by atoms with Gasteiger partial charge in [0.15, 0.2) is 0 Å². The van der Waals surface area contributed by atoms with Crippen molar-refractivity contribution >= 4 is 5.97 Å². The molecule has 2 N–H and O–H groups in total. The molecule has 0 radical (unpaired) electrons. The number of hydrogen-bond donors (Lipinski definition) is 2. The first-order valence-corrected chi connectivity index (χ1v) is 12.5.